The number of carbonyl (C=O) groups is 1. The molecule has 1 aliphatic heterocycles. The van der Waals surface area contributed by atoms with E-state index in [-0.39, 0.29) is 17.7 Å². The lowest BCUT2D eigenvalue weighted by molar-refractivity contribution is 0.0892. The fourth-order valence-corrected chi connectivity index (χ4v) is 2.21. The molecule has 0 saturated carbocycles. The standard InChI is InChI=1S/C14H19NO2/c1-3-15-13-9-17-8-12(13)14(16)11-6-4-10(2)5-7-11/h4-7,12-13,15H,3,8-9H2,1-2H3. The second-order valence-corrected chi connectivity index (χ2v) is 4.54. The summed E-state index contributed by atoms with van der Waals surface area (Å²) in [7, 11) is 0. The van der Waals surface area contributed by atoms with Crippen LogP contribution in [0.5, 0.6) is 0 Å². The molecule has 2 atom stereocenters. The van der Waals surface area contributed by atoms with Crippen molar-refractivity contribution in [1.82, 2.24) is 5.32 Å². The molecule has 1 saturated heterocycles. The molecular weight excluding hydrogens is 214 g/mol. The second-order valence-electron chi connectivity index (χ2n) is 4.54. The molecule has 17 heavy (non-hydrogen) atoms. The van der Waals surface area contributed by atoms with Crippen molar-refractivity contribution in [2.75, 3.05) is 19.8 Å². The van der Waals surface area contributed by atoms with E-state index in [0.29, 0.717) is 13.2 Å². The minimum Gasteiger partial charge on any atom is -0.379 e. The molecule has 1 fully saturated rings. The lowest BCUT2D eigenvalue weighted by Crippen LogP contribution is -2.39. The summed E-state index contributed by atoms with van der Waals surface area (Å²) in [5, 5.41) is 3.31. The zero-order chi connectivity index (χ0) is 12.3. The zero-order valence-electron chi connectivity index (χ0n) is 10.4. The van der Waals surface area contributed by atoms with Gasteiger partial charge in [-0.2, -0.15) is 0 Å². The van der Waals surface area contributed by atoms with Crippen molar-refractivity contribution in [1.29, 1.82) is 0 Å². The smallest absolute Gasteiger partial charge is 0.169 e. The summed E-state index contributed by atoms with van der Waals surface area (Å²) in [5.41, 5.74) is 1.96. The van der Waals surface area contributed by atoms with Gasteiger partial charge in [0.15, 0.2) is 5.78 Å². The van der Waals surface area contributed by atoms with Crippen molar-refractivity contribution in [3.63, 3.8) is 0 Å². The van der Waals surface area contributed by atoms with Gasteiger partial charge in [0, 0.05) is 11.6 Å². The first kappa shape index (κ1) is 12.3. The summed E-state index contributed by atoms with van der Waals surface area (Å²) in [5.74, 6) is 0.145. The molecule has 0 aromatic heterocycles. The molecule has 0 amide bonds. The number of rotatable bonds is 4. The lowest BCUT2D eigenvalue weighted by atomic mass is 9.93. The van der Waals surface area contributed by atoms with Gasteiger partial charge in [0.25, 0.3) is 0 Å². The minimum absolute atomic E-state index is 0.0438. The van der Waals surface area contributed by atoms with Crippen LogP contribution >= 0.6 is 0 Å². The number of benzene rings is 1. The number of carbonyl (C=O) groups excluding carboxylic acids is 1. The van der Waals surface area contributed by atoms with Crippen LogP contribution < -0.4 is 5.32 Å². The first-order chi connectivity index (χ1) is 8.22. The van der Waals surface area contributed by atoms with Crippen LogP contribution in [-0.2, 0) is 4.74 Å². The van der Waals surface area contributed by atoms with Crippen LogP contribution in [0.3, 0.4) is 0 Å². The van der Waals surface area contributed by atoms with Crippen LogP contribution in [-0.4, -0.2) is 31.6 Å². The predicted molar refractivity (Wildman–Crippen MR) is 67.3 cm³/mol. The van der Waals surface area contributed by atoms with E-state index in [1.54, 1.807) is 0 Å². The third-order valence-electron chi connectivity index (χ3n) is 3.22. The van der Waals surface area contributed by atoms with Gasteiger partial charge in [-0.15, -0.1) is 0 Å². The van der Waals surface area contributed by atoms with Crippen LogP contribution in [0, 0.1) is 12.8 Å². The molecule has 1 aromatic rings. The average molecular weight is 233 g/mol. The Morgan fingerprint density at radius 2 is 2.06 bits per heavy atom. The van der Waals surface area contributed by atoms with E-state index in [9.17, 15) is 4.79 Å². The van der Waals surface area contributed by atoms with Gasteiger partial charge in [-0.25, -0.2) is 0 Å². The second kappa shape index (κ2) is 5.43. The Labute approximate surface area is 102 Å². The average Bonchev–Trinajstić information content (AvgIpc) is 2.78. The first-order valence-corrected chi connectivity index (χ1v) is 6.14. The summed E-state index contributed by atoms with van der Waals surface area (Å²) in [4.78, 5) is 12.3. The van der Waals surface area contributed by atoms with Gasteiger partial charge in [0.2, 0.25) is 0 Å². The molecule has 2 rings (SSSR count). The van der Waals surface area contributed by atoms with Gasteiger partial charge in [-0.3, -0.25) is 4.79 Å². The number of Topliss-reactive ketones (excluding diaryl/α,β-unsaturated/α-hetero) is 1. The van der Waals surface area contributed by atoms with Crippen molar-refractivity contribution < 1.29 is 9.53 Å². The summed E-state index contributed by atoms with van der Waals surface area (Å²) < 4.78 is 5.41. The molecule has 2 unspecified atom stereocenters. The summed E-state index contributed by atoms with van der Waals surface area (Å²) in [6.07, 6.45) is 0. The Morgan fingerprint density at radius 3 is 2.71 bits per heavy atom. The maximum Gasteiger partial charge on any atom is 0.169 e. The van der Waals surface area contributed by atoms with Crippen molar-refractivity contribution in [2.45, 2.75) is 19.9 Å². The van der Waals surface area contributed by atoms with Crippen molar-refractivity contribution >= 4 is 5.78 Å². The number of hydrogen-bond acceptors (Lipinski definition) is 3. The quantitative estimate of drug-likeness (QED) is 0.806. The number of hydrogen-bond donors (Lipinski definition) is 1. The highest BCUT2D eigenvalue weighted by molar-refractivity contribution is 5.98. The van der Waals surface area contributed by atoms with Gasteiger partial charge in [-0.1, -0.05) is 36.8 Å². The maximum atomic E-state index is 12.3. The summed E-state index contributed by atoms with van der Waals surface area (Å²) in [6.45, 7) is 6.10. The van der Waals surface area contributed by atoms with Gasteiger partial charge in [-0.05, 0) is 13.5 Å². The molecule has 3 nitrogen and oxygen atoms in total. The Morgan fingerprint density at radius 1 is 1.35 bits per heavy atom. The van der Waals surface area contributed by atoms with Gasteiger partial charge < -0.3 is 10.1 Å². The Kier molecular flexibility index (Phi) is 3.92. The molecule has 0 aliphatic carbocycles. The van der Waals surface area contributed by atoms with Gasteiger partial charge in [0.1, 0.15) is 0 Å². The van der Waals surface area contributed by atoms with Crippen LogP contribution in [0.15, 0.2) is 24.3 Å². The van der Waals surface area contributed by atoms with Crippen LogP contribution in [0.4, 0.5) is 0 Å². The van der Waals surface area contributed by atoms with Crippen LogP contribution in [0.2, 0.25) is 0 Å². The van der Waals surface area contributed by atoms with Crippen molar-refractivity contribution in [3.8, 4) is 0 Å². The number of nitrogens with one attached hydrogen (secondary N) is 1. The maximum absolute atomic E-state index is 12.3. The normalized spacial score (nSPS) is 23.9. The summed E-state index contributed by atoms with van der Waals surface area (Å²) in [6, 6.07) is 7.92. The SMILES string of the molecule is CCNC1COCC1C(=O)c1ccc(C)cc1. The fraction of sp³-hybridized carbons (Fsp3) is 0.500. The molecule has 0 radical (unpaired) electrons. The summed E-state index contributed by atoms with van der Waals surface area (Å²) >= 11 is 0. The first-order valence-electron chi connectivity index (χ1n) is 6.14. The van der Waals surface area contributed by atoms with E-state index >= 15 is 0 Å². The van der Waals surface area contributed by atoms with Crippen molar-refractivity contribution in [2.24, 2.45) is 5.92 Å². The monoisotopic (exact) mass is 233 g/mol. The third-order valence-corrected chi connectivity index (χ3v) is 3.22. The van der Waals surface area contributed by atoms with Crippen molar-refractivity contribution in [3.05, 3.63) is 35.4 Å². The minimum atomic E-state index is -0.0438. The molecule has 0 bridgehead atoms. The highest BCUT2D eigenvalue weighted by atomic mass is 16.5. The Bertz CT molecular complexity index is 386. The highest BCUT2D eigenvalue weighted by Crippen LogP contribution is 2.19. The molecule has 92 valence electrons. The zero-order valence-corrected chi connectivity index (χ0v) is 10.4. The number of ether oxygens (including phenoxy) is 1. The number of aryl methyl sites for hydroxylation is 1. The van der Waals surface area contributed by atoms with E-state index in [4.69, 9.17) is 4.74 Å². The third kappa shape index (κ3) is 2.73. The molecule has 3 heteroatoms. The fourth-order valence-electron chi connectivity index (χ4n) is 2.21. The largest absolute Gasteiger partial charge is 0.379 e. The number of ketones is 1. The molecule has 1 N–H and O–H groups in total. The highest BCUT2D eigenvalue weighted by Gasteiger charge is 2.33. The number of likely N-dealkylation sites (N-methyl/N-ethyl adjacent to an activating group) is 1. The van der Waals surface area contributed by atoms with E-state index in [2.05, 4.69) is 5.32 Å². The van der Waals surface area contributed by atoms with E-state index in [1.165, 1.54) is 5.56 Å². The molecule has 1 aromatic carbocycles. The lowest BCUT2D eigenvalue weighted by Gasteiger charge is -2.17. The van der Waals surface area contributed by atoms with E-state index < -0.39 is 0 Å². The Balaban J connectivity index is 2.11. The van der Waals surface area contributed by atoms with Crippen LogP contribution in [0.1, 0.15) is 22.8 Å². The molecule has 1 aliphatic rings. The predicted octanol–water partition coefficient (Wildman–Crippen LogP) is 1.80. The van der Waals surface area contributed by atoms with Crippen LogP contribution in [0.25, 0.3) is 0 Å². The molecular formula is C14H19NO2. The Hall–Kier alpha value is -1.19. The molecule has 0 spiro atoms. The van der Waals surface area contributed by atoms with Gasteiger partial charge in [0.05, 0.1) is 19.1 Å². The van der Waals surface area contributed by atoms with E-state index in [1.807, 2.05) is 38.1 Å². The topological polar surface area (TPSA) is 38.3 Å². The van der Waals surface area contributed by atoms with E-state index in [0.717, 1.165) is 12.1 Å². The molecule has 1 heterocycles. The van der Waals surface area contributed by atoms with Gasteiger partial charge >= 0.3 is 0 Å².